The summed E-state index contributed by atoms with van der Waals surface area (Å²) in [7, 11) is 0. The molecule has 0 bridgehead atoms. The summed E-state index contributed by atoms with van der Waals surface area (Å²) in [5.41, 5.74) is -4.30. The molecule has 25 heavy (non-hydrogen) atoms. The zero-order chi connectivity index (χ0) is 19.1. The van der Waals surface area contributed by atoms with E-state index in [4.69, 9.17) is 0 Å². The smallest absolute Gasteiger partial charge is 0.102 e. The monoisotopic (exact) mass is 480 g/mol. The Balaban J connectivity index is 2.06. The lowest BCUT2D eigenvalue weighted by atomic mass is 9.44. The molecule has 0 aromatic rings. The van der Waals surface area contributed by atoms with Gasteiger partial charge in [-0.15, -0.1) is 0 Å². The Morgan fingerprint density at radius 2 is 1.32 bits per heavy atom. The van der Waals surface area contributed by atoms with Crippen molar-refractivity contribution in [2.45, 2.75) is 106 Å². The normalized spacial score (nSPS) is 58.8. The minimum atomic E-state index is -1.30. The van der Waals surface area contributed by atoms with E-state index in [0.29, 0.717) is 24.1 Å². The fourth-order valence-corrected chi connectivity index (χ4v) is 7.86. The highest BCUT2D eigenvalue weighted by molar-refractivity contribution is 9.09. The van der Waals surface area contributed by atoms with Gasteiger partial charge in [0.2, 0.25) is 0 Å². The van der Waals surface area contributed by atoms with Crippen LogP contribution in [0.1, 0.15) is 79.6 Å². The first-order valence-corrected chi connectivity index (χ1v) is 11.5. The molecule has 0 amide bonds. The summed E-state index contributed by atoms with van der Waals surface area (Å²) < 4.78 is 0. The van der Waals surface area contributed by atoms with E-state index >= 15 is 0 Å². The van der Waals surface area contributed by atoms with Gasteiger partial charge in [0.1, 0.15) is 5.60 Å². The van der Waals surface area contributed by atoms with E-state index in [1.807, 2.05) is 0 Å². The van der Waals surface area contributed by atoms with E-state index in [1.54, 1.807) is 6.92 Å². The summed E-state index contributed by atoms with van der Waals surface area (Å²) >= 11 is 7.60. The van der Waals surface area contributed by atoms with Crippen molar-refractivity contribution in [1.82, 2.24) is 0 Å². The van der Waals surface area contributed by atoms with E-state index in [9.17, 15) is 15.3 Å². The van der Waals surface area contributed by atoms with Gasteiger partial charge in [0.25, 0.3) is 0 Å². The lowest BCUT2D eigenvalue weighted by molar-refractivity contribution is -0.291. The molecule has 0 spiro atoms. The summed E-state index contributed by atoms with van der Waals surface area (Å²) in [6.45, 7) is 10.5. The maximum atomic E-state index is 11.9. The molecule has 146 valence electrons. The van der Waals surface area contributed by atoms with Crippen LogP contribution in [0, 0.1) is 16.2 Å². The molecule has 7 atom stereocenters. The molecule has 3 N–H and O–H groups in total. The molecule has 0 radical (unpaired) electrons. The second-order valence-corrected chi connectivity index (χ2v) is 12.5. The van der Waals surface area contributed by atoms with Crippen molar-refractivity contribution in [3.63, 3.8) is 0 Å². The van der Waals surface area contributed by atoms with Crippen molar-refractivity contribution in [2.24, 2.45) is 16.2 Å². The van der Waals surface area contributed by atoms with E-state index < -0.39 is 22.2 Å². The number of halogens is 2. The van der Waals surface area contributed by atoms with Crippen molar-refractivity contribution in [3.05, 3.63) is 0 Å². The fraction of sp³-hybridized carbons (Fsp3) is 1.00. The Morgan fingerprint density at radius 1 is 0.760 bits per heavy atom. The van der Waals surface area contributed by atoms with Gasteiger partial charge in [-0.05, 0) is 50.9 Å². The van der Waals surface area contributed by atoms with Gasteiger partial charge in [-0.25, -0.2) is 0 Å². The highest BCUT2D eigenvalue weighted by Crippen LogP contribution is 2.68. The molecule has 3 aliphatic rings. The zero-order valence-electron chi connectivity index (χ0n) is 16.2. The number of fused-ring (bicyclic) bond motifs is 1. The topological polar surface area (TPSA) is 60.7 Å². The van der Waals surface area contributed by atoms with Crippen molar-refractivity contribution in [3.8, 4) is 0 Å². The molecule has 3 fully saturated rings. The average Bonchev–Trinajstić information content (AvgIpc) is 2.72. The van der Waals surface area contributed by atoms with Crippen molar-refractivity contribution < 1.29 is 15.3 Å². The van der Waals surface area contributed by atoms with Gasteiger partial charge in [0.05, 0.1) is 11.2 Å². The number of aliphatic hydroxyl groups is 3. The van der Waals surface area contributed by atoms with E-state index in [0.717, 1.165) is 19.3 Å². The predicted octanol–water partition coefficient (Wildman–Crippen LogP) is 4.54. The van der Waals surface area contributed by atoms with Crippen LogP contribution in [0.4, 0.5) is 0 Å². The molecule has 0 aliphatic heterocycles. The first-order chi connectivity index (χ1) is 11.2. The maximum Gasteiger partial charge on any atom is 0.102 e. The largest absolute Gasteiger partial charge is 0.389 e. The van der Waals surface area contributed by atoms with Gasteiger partial charge in [0.15, 0.2) is 0 Å². The van der Waals surface area contributed by atoms with Crippen LogP contribution < -0.4 is 0 Å². The first-order valence-electron chi connectivity index (χ1n) is 9.62. The van der Waals surface area contributed by atoms with Crippen LogP contribution in [-0.4, -0.2) is 41.8 Å². The van der Waals surface area contributed by atoms with Crippen LogP contribution in [0.25, 0.3) is 0 Å². The number of rotatable bonds is 1. The van der Waals surface area contributed by atoms with Crippen LogP contribution in [-0.2, 0) is 0 Å². The third kappa shape index (κ3) is 2.38. The van der Waals surface area contributed by atoms with E-state index in [1.165, 1.54) is 0 Å². The minimum absolute atomic E-state index is 0.0832. The summed E-state index contributed by atoms with van der Waals surface area (Å²) in [6, 6.07) is 0. The van der Waals surface area contributed by atoms with Crippen molar-refractivity contribution in [1.29, 1.82) is 0 Å². The van der Waals surface area contributed by atoms with Crippen LogP contribution in [0.2, 0.25) is 0 Å². The van der Waals surface area contributed by atoms with E-state index in [-0.39, 0.29) is 22.1 Å². The lowest BCUT2D eigenvalue weighted by Crippen LogP contribution is -2.74. The van der Waals surface area contributed by atoms with Crippen LogP contribution in [0.3, 0.4) is 0 Å². The molecular formula is C20H34Br2O3. The van der Waals surface area contributed by atoms with Gasteiger partial charge in [0, 0.05) is 26.9 Å². The lowest BCUT2D eigenvalue weighted by Gasteiger charge is -2.66. The van der Waals surface area contributed by atoms with Crippen LogP contribution in [0.15, 0.2) is 0 Å². The van der Waals surface area contributed by atoms with Crippen LogP contribution >= 0.6 is 31.9 Å². The Hall–Kier alpha value is 0.840. The fourth-order valence-electron chi connectivity index (χ4n) is 6.29. The summed E-state index contributed by atoms with van der Waals surface area (Å²) in [6.07, 6.45) is 4.97. The molecule has 0 saturated heterocycles. The minimum Gasteiger partial charge on any atom is -0.389 e. The Kier molecular flexibility index (Phi) is 4.68. The SMILES string of the molecule is CC1(C)[C@H](Br)CC[C@]1(C)[C@@]1(O)CC[C@]2(C)[C@@H](Br)CC[C@@](C)(O)[C@@]2(O)C1. The van der Waals surface area contributed by atoms with Gasteiger partial charge in [-0.2, -0.15) is 0 Å². The average molecular weight is 482 g/mol. The standard InChI is InChI=1S/C20H34Br2O3/c1-15(2)13(21)6-8-17(15,4)19(24)11-10-16(3)14(22)7-9-18(5,23)20(16,25)12-19/h13-14,23-25H,6-12H2,1-5H3/t13-,14+,16-,17+,18-,19-,20-/m1/s1. The zero-order valence-corrected chi connectivity index (χ0v) is 19.4. The van der Waals surface area contributed by atoms with Crippen LogP contribution in [0.5, 0.6) is 0 Å². The quantitative estimate of drug-likeness (QED) is 0.482. The molecular weight excluding hydrogens is 448 g/mol. The molecule has 0 aromatic heterocycles. The number of hydrogen-bond donors (Lipinski definition) is 3. The van der Waals surface area contributed by atoms with Gasteiger partial charge < -0.3 is 15.3 Å². The molecule has 5 heteroatoms. The number of hydrogen-bond acceptors (Lipinski definition) is 3. The highest BCUT2D eigenvalue weighted by atomic mass is 79.9. The highest BCUT2D eigenvalue weighted by Gasteiger charge is 2.72. The third-order valence-electron chi connectivity index (χ3n) is 9.15. The van der Waals surface area contributed by atoms with Crippen molar-refractivity contribution >= 4 is 31.9 Å². The maximum absolute atomic E-state index is 11.9. The predicted molar refractivity (Wildman–Crippen MR) is 108 cm³/mol. The Labute approximate surface area is 169 Å². The van der Waals surface area contributed by atoms with Gasteiger partial charge >= 0.3 is 0 Å². The molecule has 0 heterocycles. The molecule has 3 aliphatic carbocycles. The van der Waals surface area contributed by atoms with Gasteiger partial charge in [-0.1, -0.05) is 59.6 Å². The van der Waals surface area contributed by atoms with E-state index in [2.05, 4.69) is 59.6 Å². The molecule has 0 unspecified atom stereocenters. The summed E-state index contributed by atoms with van der Waals surface area (Å²) in [5, 5.41) is 34.9. The summed E-state index contributed by atoms with van der Waals surface area (Å²) in [5.74, 6) is 0. The third-order valence-corrected chi connectivity index (χ3v) is 12.2. The van der Waals surface area contributed by atoms with Gasteiger partial charge in [-0.3, -0.25) is 0 Å². The molecule has 3 rings (SSSR count). The molecule has 3 nitrogen and oxygen atoms in total. The Bertz CT molecular complexity index is 565. The Morgan fingerprint density at radius 3 is 1.84 bits per heavy atom. The second-order valence-electron chi connectivity index (χ2n) is 10.3. The number of alkyl halides is 2. The summed E-state index contributed by atoms with van der Waals surface area (Å²) in [4.78, 5) is 0.510. The van der Waals surface area contributed by atoms with Crippen molar-refractivity contribution in [2.75, 3.05) is 0 Å². The molecule has 0 aromatic carbocycles. The first kappa shape index (κ1) is 20.6. The molecule has 3 saturated carbocycles. The second kappa shape index (κ2) is 5.68.